The summed E-state index contributed by atoms with van der Waals surface area (Å²) >= 11 is 10.7. The summed E-state index contributed by atoms with van der Waals surface area (Å²) in [6, 6.07) is 11.1. The number of carbonyl (C=O) groups is 1. The van der Waals surface area contributed by atoms with Crippen LogP contribution < -0.4 is 5.32 Å². The van der Waals surface area contributed by atoms with Gasteiger partial charge in [-0.2, -0.15) is 0 Å². The third-order valence-electron chi connectivity index (χ3n) is 2.62. The molecule has 0 fully saturated rings. The first kappa shape index (κ1) is 13.6. The topological polar surface area (TPSA) is 42.0 Å². The Labute approximate surface area is 121 Å². The van der Waals surface area contributed by atoms with Crippen LogP contribution in [-0.4, -0.2) is 15.2 Å². The van der Waals surface area contributed by atoms with E-state index in [0.717, 1.165) is 11.1 Å². The van der Waals surface area contributed by atoms with Crippen molar-refractivity contribution in [1.29, 1.82) is 0 Å². The first-order valence-corrected chi connectivity index (χ1v) is 6.39. The van der Waals surface area contributed by atoms with E-state index in [1.54, 1.807) is 12.1 Å². The Balaban J connectivity index is 2.15. The molecule has 5 heteroatoms. The van der Waals surface area contributed by atoms with Gasteiger partial charge >= 0.3 is 0 Å². The highest BCUT2D eigenvalue weighted by Crippen LogP contribution is 2.12. The lowest BCUT2D eigenvalue weighted by Crippen LogP contribution is -2.13. The molecule has 0 bridgehead atoms. The molecule has 0 aliphatic heterocycles. The highest BCUT2D eigenvalue weighted by Gasteiger charge is 2.06. The highest BCUT2D eigenvalue weighted by molar-refractivity contribution is 7.81. The lowest BCUT2D eigenvalue weighted by atomic mass is 10.1. The van der Waals surface area contributed by atoms with Crippen LogP contribution in [0.3, 0.4) is 0 Å². The van der Waals surface area contributed by atoms with Gasteiger partial charge in [0.25, 0.3) is 5.24 Å². The lowest BCUT2D eigenvalue weighted by Gasteiger charge is -2.09. The molecular weight excluding hydrogens is 280 g/mol. The third-order valence-corrected chi connectivity index (χ3v) is 3.16. The maximum atomic E-state index is 10.9. The number of benzene rings is 1. The Kier molecular flexibility index (Phi) is 4.24. The summed E-state index contributed by atoms with van der Waals surface area (Å²) in [5.74, 6) is 0.579. The monoisotopic (exact) mass is 290 g/mol. The number of rotatable bonds is 3. The van der Waals surface area contributed by atoms with Crippen molar-refractivity contribution in [3.63, 3.8) is 0 Å². The van der Waals surface area contributed by atoms with Crippen molar-refractivity contribution in [2.75, 3.05) is 5.32 Å². The van der Waals surface area contributed by atoms with E-state index < -0.39 is 5.24 Å². The fourth-order valence-electron chi connectivity index (χ4n) is 1.60. The number of hydrogen-bond donors (Lipinski definition) is 1. The van der Waals surface area contributed by atoms with E-state index in [2.05, 4.69) is 10.3 Å². The van der Waals surface area contributed by atoms with Gasteiger partial charge < -0.3 is 5.32 Å². The van der Waals surface area contributed by atoms with Crippen LogP contribution in [0.4, 0.5) is 5.82 Å². The molecule has 0 amide bonds. The van der Waals surface area contributed by atoms with E-state index in [9.17, 15) is 4.79 Å². The Morgan fingerprint density at radius 1 is 1.26 bits per heavy atom. The number of pyridine rings is 1. The maximum absolute atomic E-state index is 10.9. The van der Waals surface area contributed by atoms with Crippen LogP contribution in [0.5, 0.6) is 0 Å². The van der Waals surface area contributed by atoms with Gasteiger partial charge in [-0.25, -0.2) is 4.98 Å². The second kappa shape index (κ2) is 5.91. The smallest absolute Gasteiger partial charge is 0.253 e. The van der Waals surface area contributed by atoms with Crippen molar-refractivity contribution in [1.82, 2.24) is 4.98 Å². The van der Waals surface area contributed by atoms with Crippen molar-refractivity contribution in [3.8, 4) is 0 Å². The van der Waals surface area contributed by atoms with E-state index in [4.69, 9.17) is 23.8 Å². The molecule has 0 aliphatic rings. The lowest BCUT2D eigenvalue weighted by molar-refractivity contribution is 0.108. The number of anilines is 1. The highest BCUT2D eigenvalue weighted by atomic mass is 35.5. The standard InChI is InChI=1S/C14H11ClN2OS/c1-9-4-2-3-5-11(9)14(19)17-12-7-6-10(8-16-12)13(15)18/h2-8H,1H3,(H,16,17,19). The number of hydrogen-bond acceptors (Lipinski definition) is 3. The zero-order valence-corrected chi connectivity index (χ0v) is 11.8. The molecule has 1 aromatic carbocycles. The van der Waals surface area contributed by atoms with Crippen molar-refractivity contribution in [3.05, 3.63) is 59.3 Å². The minimum atomic E-state index is -0.527. The van der Waals surface area contributed by atoms with Crippen molar-refractivity contribution in [2.45, 2.75) is 6.92 Å². The third kappa shape index (κ3) is 3.36. The molecule has 0 spiro atoms. The van der Waals surface area contributed by atoms with E-state index in [1.165, 1.54) is 6.20 Å². The number of nitrogens with one attached hydrogen (secondary N) is 1. The first-order valence-electron chi connectivity index (χ1n) is 5.61. The van der Waals surface area contributed by atoms with Gasteiger partial charge in [-0.3, -0.25) is 4.79 Å². The predicted molar refractivity (Wildman–Crippen MR) is 80.9 cm³/mol. The van der Waals surface area contributed by atoms with Gasteiger partial charge in [-0.15, -0.1) is 0 Å². The minimum absolute atomic E-state index is 0.356. The summed E-state index contributed by atoms with van der Waals surface area (Å²) in [6.45, 7) is 1.99. The number of nitrogens with zero attached hydrogens (tertiary/aromatic N) is 1. The molecule has 96 valence electrons. The Morgan fingerprint density at radius 2 is 2.00 bits per heavy atom. The van der Waals surface area contributed by atoms with Gasteiger partial charge in [0, 0.05) is 11.8 Å². The molecule has 0 atom stereocenters. The molecule has 0 saturated carbocycles. The average molecular weight is 291 g/mol. The maximum Gasteiger partial charge on any atom is 0.253 e. The Bertz CT molecular complexity index is 626. The number of thiocarbonyl (C=S) groups is 1. The Morgan fingerprint density at radius 3 is 2.58 bits per heavy atom. The first-order chi connectivity index (χ1) is 9.08. The normalized spacial score (nSPS) is 10.0. The quantitative estimate of drug-likeness (QED) is 0.693. The molecule has 0 unspecified atom stereocenters. The molecule has 1 heterocycles. The van der Waals surface area contributed by atoms with E-state index in [-0.39, 0.29) is 0 Å². The molecule has 1 aromatic heterocycles. The van der Waals surface area contributed by atoms with Crippen molar-refractivity contribution < 1.29 is 4.79 Å². The zero-order valence-electron chi connectivity index (χ0n) is 10.2. The number of halogens is 1. The molecular formula is C14H11ClN2OS. The molecule has 1 N–H and O–H groups in total. The molecule has 0 aliphatic carbocycles. The summed E-state index contributed by atoms with van der Waals surface area (Å²) in [5.41, 5.74) is 2.40. The SMILES string of the molecule is Cc1ccccc1C(=S)Nc1ccc(C(=O)Cl)cn1. The minimum Gasteiger partial charge on any atom is -0.331 e. The molecule has 2 rings (SSSR count). The second-order valence-corrected chi connectivity index (χ2v) is 4.73. The van der Waals surface area contributed by atoms with Crippen LogP contribution in [0.2, 0.25) is 0 Å². The second-order valence-electron chi connectivity index (χ2n) is 3.97. The van der Waals surface area contributed by atoms with Crippen LogP contribution in [-0.2, 0) is 0 Å². The van der Waals surface area contributed by atoms with Crippen LogP contribution in [0.25, 0.3) is 0 Å². The van der Waals surface area contributed by atoms with Crippen molar-refractivity contribution >= 4 is 39.9 Å². The zero-order chi connectivity index (χ0) is 13.8. The van der Waals surface area contributed by atoms with Crippen LogP contribution in [0.15, 0.2) is 42.6 Å². The van der Waals surface area contributed by atoms with E-state index >= 15 is 0 Å². The van der Waals surface area contributed by atoms with Gasteiger partial charge in [0.15, 0.2) is 0 Å². The Hall–Kier alpha value is -1.78. The van der Waals surface area contributed by atoms with Gasteiger partial charge in [0.05, 0.1) is 5.56 Å². The van der Waals surface area contributed by atoms with Gasteiger partial charge in [0.1, 0.15) is 10.8 Å². The number of carbonyl (C=O) groups excluding carboxylic acids is 1. The van der Waals surface area contributed by atoms with Gasteiger partial charge in [-0.1, -0.05) is 36.5 Å². The summed E-state index contributed by atoms with van der Waals surface area (Å²) in [6.07, 6.45) is 1.41. The molecule has 0 radical (unpaired) electrons. The fraction of sp³-hybridized carbons (Fsp3) is 0.0714. The van der Waals surface area contributed by atoms with Crippen LogP contribution in [0.1, 0.15) is 21.5 Å². The van der Waals surface area contributed by atoms with Gasteiger partial charge in [-0.05, 0) is 36.2 Å². The number of aromatic nitrogens is 1. The van der Waals surface area contributed by atoms with Crippen LogP contribution >= 0.6 is 23.8 Å². The summed E-state index contributed by atoms with van der Waals surface area (Å²) in [5, 5.41) is 2.50. The summed E-state index contributed by atoms with van der Waals surface area (Å²) in [4.78, 5) is 15.6. The predicted octanol–water partition coefficient (Wildman–Crippen LogP) is 3.56. The van der Waals surface area contributed by atoms with E-state index in [1.807, 2.05) is 31.2 Å². The molecule has 2 aromatic rings. The summed E-state index contributed by atoms with van der Waals surface area (Å²) < 4.78 is 0. The van der Waals surface area contributed by atoms with E-state index in [0.29, 0.717) is 16.4 Å². The average Bonchev–Trinajstić information content (AvgIpc) is 2.39. The fourth-order valence-corrected chi connectivity index (χ4v) is 2.04. The largest absolute Gasteiger partial charge is 0.331 e. The molecule has 19 heavy (non-hydrogen) atoms. The molecule has 0 saturated heterocycles. The van der Waals surface area contributed by atoms with Gasteiger partial charge in [0.2, 0.25) is 0 Å². The van der Waals surface area contributed by atoms with Crippen LogP contribution in [0, 0.1) is 6.92 Å². The van der Waals surface area contributed by atoms with Crippen molar-refractivity contribution in [2.24, 2.45) is 0 Å². The number of aryl methyl sites for hydroxylation is 1. The molecule has 3 nitrogen and oxygen atoms in total. The summed E-state index contributed by atoms with van der Waals surface area (Å²) in [7, 11) is 0.